The van der Waals surface area contributed by atoms with E-state index in [1.54, 1.807) is 7.11 Å². The van der Waals surface area contributed by atoms with Crippen molar-refractivity contribution in [2.45, 2.75) is 26.7 Å². The van der Waals surface area contributed by atoms with Crippen molar-refractivity contribution in [3.05, 3.63) is 36.0 Å². The number of piperidine rings is 1. The zero-order valence-electron chi connectivity index (χ0n) is 17.3. The molecule has 0 saturated carbocycles. The molecule has 2 saturated heterocycles. The highest BCUT2D eigenvalue weighted by molar-refractivity contribution is 5.52. The van der Waals surface area contributed by atoms with E-state index in [0.717, 1.165) is 68.4 Å². The highest BCUT2D eigenvalue weighted by atomic mass is 16.5. The van der Waals surface area contributed by atoms with E-state index >= 15 is 0 Å². The quantitative estimate of drug-likeness (QED) is 0.809. The molecule has 0 radical (unpaired) electrons. The predicted molar refractivity (Wildman–Crippen MR) is 115 cm³/mol. The van der Waals surface area contributed by atoms with Gasteiger partial charge in [-0.2, -0.15) is 4.98 Å². The van der Waals surface area contributed by atoms with Gasteiger partial charge in [-0.05, 0) is 49.9 Å². The number of hydrogen-bond donors (Lipinski definition) is 0. The predicted octanol–water partition coefficient (Wildman–Crippen LogP) is 3.36. The maximum absolute atomic E-state index is 5.26. The van der Waals surface area contributed by atoms with E-state index < -0.39 is 0 Å². The second kappa shape index (κ2) is 8.25. The number of nitrogens with zero attached hydrogens (tertiary/aromatic N) is 5. The van der Waals surface area contributed by atoms with E-state index in [4.69, 9.17) is 14.7 Å². The number of piperazine rings is 1. The molecule has 6 heteroatoms. The molecule has 150 valence electrons. The van der Waals surface area contributed by atoms with Gasteiger partial charge in [-0.15, -0.1) is 0 Å². The van der Waals surface area contributed by atoms with Gasteiger partial charge in [0, 0.05) is 56.7 Å². The highest BCUT2D eigenvalue weighted by Crippen LogP contribution is 2.25. The van der Waals surface area contributed by atoms with Crippen LogP contribution >= 0.6 is 0 Å². The van der Waals surface area contributed by atoms with Crippen molar-refractivity contribution in [1.29, 1.82) is 0 Å². The van der Waals surface area contributed by atoms with Gasteiger partial charge in [0.05, 0.1) is 7.11 Å². The van der Waals surface area contributed by atoms with E-state index in [1.165, 1.54) is 18.5 Å². The Morgan fingerprint density at radius 1 is 0.929 bits per heavy atom. The van der Waals surface area contributed by atoms with Crippen molar-refractivity contribution in [2.75, 3.05) is 61.1 Å². The van der Waals surface area contributed by atoms with Crippen molar-refractivity contribution in [3.63, 3.8) is 0 Å². The lowest BCUT2D eigenvalue weighted by molar-refractivity contribution is 0.415. The Morgan fingerprint density at radius 3 is 2.32 bits per heavy atom. The van der Waals surface area contributed by atoms with Crippen LogP contribution in [0, 0.1) is 12.8 Å². The third-order valence-corrected chi connectivity index (χ3v) is 5.81. The molecule has 1 atom stereocenters. The summed E-state index contributed by atoms with van der Waals surface area (Å²) in [6.45, 7) is 10.4. The largest absolute Gasteiger partial charge is 0.497 e. The van der Waals surface area contributed by atoms with E-state index in [9.17, 15) is 0 Å². The monoisotopic (exact) mass is 381 g/mol. The van der Waals surface area contributed by atoms with Gasteiger partial charge in [0.1, 0.15) is 11.6 Å². The topological polar surface area (TPSA) is 44.7 Å². The molecule has 0 bridgehead atoms. The lowest BCUT2D eigenvalue weighted by atomic mass is 10.0. The fourth-order valence-corrected chi connectivity index (χ4v) is 4.20. The summed E-state index contributed by atoms with van der Waals surface area (Å²) < 4.78 is 5.26. The van der Waals surface area contributed by atoms with E-state index in [2.05, 4.69) is 46.7 Å². The van der Waals surface area contributed by atoms with Crippen LogP contribution in [-0.2, 0) is 0 Å². The number of methoxy groups -OCH3 is 1. The molecular formula is C22H31N5O. The Morgan fingerprint density at radius 2 is 1.64 bits per heavy atom. The molecule has 3 heterocycles. The van der Waals surface area contributed by atoms with Crippen LogP contribution in [-0.4, -0.2) is 56.3 Å². The average molecular weight is 382 g/mol. The summed E-state index contributed by atoms with van der Waals surface area (Å²) in [6, 6.07) is 10.4. The molecule has 4 rings (SSSR count). The van der Waals surface area contributed by atoms with Gasteiger partial charge in [0.25, 0.3) is 0 Å². The van der Waals surface area contributed by atoms with Gasteiger partial charge in [0.2, 0.25) is 5.95 Å². The summed E-state index contributed by atoms with van der Waals surface area (Å²) in [5.74, 6) is 3.60. The van der Waals surface area contributed by atoms with Gasteiger partial charge in [0.15, 0.2) is 0 Å². The molecular weight excluding hydrogens is 350 g/mol. The molecule has 1 aromatic heterocycles. The second-order valence-corrected chi connectivity index (χ2v) is 8.03. The Balaban J connectivity index is 1.44. The van der Waals surface area contributed by atoms with Crippen molar-refractivity contribution in [3.8, 4) is 5.75 Å². The number of hydrogen-bond acceptors (Lipinski definition) is 6. The van der Waals surface area contributed by atoms with Gasteiger partial charge >= 0.3 is 0 Å². The molecule has 2 fully saturated rings. The Labute approximate surface area is 168 Å². The maximum atomic E-state index is 5.26. The van der Waals surface area contributed by atoms with Crippen LogP contribution < -0.4 is 19.4 Å². The van der Waals surface area contributed by atoms with Gasteiger partial charge in [-0.25, -0.2) is 4.98 Å². The van der Waals surface area contributed by atoms with Crippen LogP contribution in [0.3, 0.4) is 0 Å². The van der Waals surface area contributed by atoms with Crippen molar-refractivity contribution in [1.82, 2.24) is 9.97 Å². The Kier molecular flexibility index (Phi) is 5.55. The van der Waals surface area contributed by atoms with Crippen molar-refractivity contribution < 1.29 is 4.74 Å². The third-order valence-electron chi connectivity index (χ3n) is 5.81. The van der Waals surface area contributed by atoms with Gasteiger partial charge in [-0.1, -0.05) is 6.92 Å². The molecule has 2 aliphatic rings. The fraction of sp³-hybridized carbons (Fsp3) is 0.545. The zero-order valence-corrected chi connectivity index (χ0v) is 17.3. The fourth-order valence-electron chi connectivity index (χ4n) is 4.20. The molecule has 1 unspecified atom stereocenters. The number of anilines is 3. The van der Waals surface area contributed by atoms with Crippen LogP contribution in [0.25, 0.3) is 0 Å². The normalized spacial score (nSPS) is 20.4. The standard InChI is InChI=1S/C22H31N5O/c1-17-5-4-10-27(16-17)21-15-18(2)23-22(24-21)26-13-11-25(12-14-26)19-6-8-20(28-3)9-7-19/h6-9,15,17H,4-5,10-14,16H2,1-3H3. The first-order valence-corrected chi connectivity index (χ1v) is 10.4. The smallest absolute Gasteiger partial charge is 0.227 e. The minimum atomic E-state index is 0.737. The van der Waals surface area contributed by atoms with Crippen LogP contribution in [0.2, 0.25) is 0 Å². The number of ether oxygens (including phenoxy) is 1. The van der Waals surface area contributed by atoms with E-state index in [-0.39, 0.29) is 0 Å². The first-order valence-electron chi connectivity index (χ1n) is 10.4. The summed E-state index contributed by atoms with van der Waals surface area (Å²) >= 11 is 0. The molecule has 0 N–H and O–H groups in total. The first-order chi connectivity index (χ1) is 13.6. The number of aryl methyl sites for hydroxylation is 1. The third kappa shape index (κ3) is 4.16. The molecule has 0 spiro atoms. The summed E-state index contributed by atoms with van der Waals surface area (Å²) in [7, 11) is 1.70. The minimum absolute atomic E-state index is 0.737. The van der Waals surface area contributed by atoms with Crippen LogP contribution in [0.5, 0.6) is 5.75 Å². The van der Waals surface area contributed by atoms with Gasteiger partial charge in [-0.3, -0.25) is 0 Å². The Bertz CT molecular complexity index is 786. The van der Waals surface area contributed by atoms with E-state index in [0.29, 0.717) is 0 Å². The SMILES string of the molecule is COc1ccc(N2CCN(c3nc(C)cc(N4CCCC(C)C4)n3)CC2)cc1. The highest BCUT2D eigenvalue weighted by Gasteiger charge is 2.22. The zero-order chi connectivity index (χ0) is 19.5. The maximum Gasteiger partial charge on any atom is 0.227 e. The van der Waals surface area contributed by atoms with Crippen molar-refractivity contribution in [2.24, 2.45) is 5.92 Å². The molecule has 0 amide bonds. The lowest BCUT2D eigenvalue weighted by Crippen LogP contribution is -2.47. The second-order valence-electron chi connectivity index (χ2n) is 8.03. The molecule has 28 heavy (non-hydrogen) atoms. The van der Waals surface area contributed by atoms with E-state index in [1.807, 2.05) is 12.1 Å². The number of benzene rings is 1. The van der Waals surface area contributed by atoms with Crippen LogP contribution in [0.1, 0.15) is 25.5 Å². The average Bonchev–Trinajstić information content (AvgIpc) is 2.73. The minimum Gasteiger partial charge on any atom is -0.497 e. The van der Waals surface area contributed by atoms with Crippen molar-refractivity contribution >= 4 is 17.5 Å². The summed E-state index contributed by atoms with van der Waals surface area (Å²) in [4.78, 5) is 16.9. The van der Waals surface area contributed by atoms with Crippen LogP contribution in [0.15, 0.2) is 30.3 Å². The molecule has 1 aromatic carbocycles. The molecule has 0 aliphatic carbocycles. The molecule has 2 aromatic rings. The molecule has 6 nitrogen and oxygen atoms in total. The number of aromatic nitrogens is 2. The first kappa shape index (κ1) is 18.8. The lowest BCUT2D eigenvalue weighted by Gasteiger charge is -2.37. The summed E-state index contributed by atoms with van der Waals surface area (Å²) in [5.41, 5.74) is 2.30. The number of rotatable bonds is 4. The Hall–Kier alpha value is -2.50. The molecule has 2 aliphatic heterocycles. The summed E-state index contributed by atoms with van der Waals surface area (Å²) in [5, 5.41) is 0. The van der Waals surface area contributed by atoms with Crippen LogP contribution in [0.4, 0.5) is 17.5 Å². The summed E-state index contributed by atoms with van der Waals surface area (Å²) in [6.07, 6.45) is 2.57. The van der Waals surface area contributed by atoms with Gasteiger partial charge < -0.3 is 19.4 Å².